The molecule has 27 heavy (non-hydrogen) atoms. The Hall–Kier alpha value is -3.03. The first-order valence-electron chi connectivity index (χ1n) is 8.99. The van der Waals surface area contributed by atoms with Gasteiger partial charge in [-0.3, -0.25) is 9.59 Å². The molecule has 3 amide bonds. The van der Waals surface area contributed by atoms with Crippen LogP contribution in [0.5, 0.6) is 0 Å². The molecule has 8 nitrogen and oxygen atoms in total. The maximum Gasteiger partial charge on any atom is 0.409 e. The summed E-state index contributed by atoms with van der Waals surface area (Å²) in [7, 11) is 0. The van der Waals surface area contributed by atoms with E-state index in [1.807, 2.05) is 18.2 Å². The van der Waals surface area contributed by atoms with Crippen molar-refractivity contribution in [2.75, 3.05) is 32.8 Å². The highest BCUT2D eigenvalue weighted by Gasteiger charge is 2.28. The summed E-state index contributed by atoms with van der Waals surface area (Å²) < 4.78 is 10.5. The lowest BCUT2D eigenvalue weighted by atomic mass is 10.2. The monoisotopic (exact) mass is 373 g/mol. The number of hydrogen-bond donors (Lipinski definition) is 1. The van der Waals surface area contributed by atoms with Crippen LogP contribution in [0.25, 0.3) is 11.0 Å². The number of furan rings is 1. The Balaban J connectivity index is 1.54. The Kier molecular flexibility index (Phi) is 5.63. The van der Waals surface area contributed by atoms with Crippen LogP contribution >= 0.6 is 0 Å². The predicted molar refractivity (Wildman–Crippen MR) is 98.3 cm³/mol. The molecule has 1 fully saturated rings. The molecule has 1 atom stereocenters. The molecular weight excluding hydrogens is 350 g/mol. The molecule has 2 heterocycles. The molecule has 0 bridgehead atoms. The molecule has 3 rings (SSSR count). The molecule has 1 aliphatic rings. The fourth-order valence-corrected chi connectivity index (χ4v) is 3.02. The number of ether oxygens (including phenoxy) is 1. The van der Waals surface area contributed by atoms with Crippen LogP contribution in [0.3, 0.4) is 0 Å². The normalized spacial score (nSPS) is 15.5. The molecule has 1 aliphatic heterocycles. The minimum Gasteiger partial charge on any atom is -0.451 e. The molecule has 1 unspecified atom stereocenters. The van der Waals surface area contributed by atoms with Crippen molar-refractivity contribution in [2.45, 2.75) is 19.9 Å². The van der Waals surface area contributed by atoms with Crippen LogP contribution < -0.4 is 5.32 Å². The third kappa shape index (κ3) is 4.21. The van der Waals surface area contributed by atoms with Crippen molar-refractivity contribution < 1.29 is 23.5 Å². The number of piperazine rings is 1. The first-order chi connectivity index (χ1) is 13.0. The summed E-state index contributed by atoms with van der Waals surface area (Å²) in [4.78, 5) is 39.9. The number of amides is 3. The van der Waals surface area contributed by atoms with Gasteiger partial charge in [0.25, 0.3) is 5.91 Å². The van der Waals surface area contributed by atoms with Crippen LogP contribution in [0, 0.1) is 0 Å². The topological polar surface area (TPSA) is 92.1 Å². The van der Waals surface area contributed by atoms with E-state index in [1.54, 1.807) is 35.8 Å². The average Bonchev–Trinajstić information content (AvgIpc) is 3.12. The second-order valence-electron chi connectivity index (χ2n) is 6.35. The molecule has 1 N–H and O–H groups in total. The molecular formula is C19H23N3O5. The van der Waals surface area contributed by atoms with Gasteiger partial charge in [0.05, 0.1) is 6.61 Å². The maximum absolute atomic E-state index is 12.6. The first-order valence-corrected chi connectivity index (χ1v) is 8.99. The van der Waals surface area contributed by atoms with Gasteiger partial charge < -0.3 is 24.3 Å². The molecule has 1 aromatic heterocycles. The van der Waals surface area contributed by atoms with Crippen molar-refractivity contribution in [2.24, 2.45) is 0 Å². The van der Waals surface area contributed by atoms with Gasteiger partial charge in [0.2, 0.25) is 5.91 Å². The number of nitrogens with zero attached hydrogens (tertiary/aromatic N) is 2. The second-order valence-corrected chi connectivity index (χ2v) is 6.35. The van der Waals surface area contributed by atoms with Gasteiger partial charge >= 0.3 is 6.09 Å². The van der Waals surface area contributed by atoms with Crippen molar-refractivity contribution in [1.29, 1.82) is 0 Å². The Labute approximate surface area is 157 Å². The van der Waals surface area contributed by atoms with Gasteiger partial charge in [0.15, 0.2) is 5.76 Å². The third-order valence-electron chi connectivity index (χ3n) is 4.48. The highest BCUT2D eigenvalue weighted by molar-refractivity contribution is 5.98. The van der Waals surface area contributed by atoms with Crippen LogP contribution in [0.4, 0.5) is 4.79 Å². The molecule has 144 valence electrons. The summed E-state index contributed by atoms with van der Waals surface area (Å²) in [5, 5.41) is 3.51. The quantitative estimate of drug-likeness (QED) is 0.883. The summed E-state index contributed by atoms with van der Waals surface area (Å²) in [6.07, 6.45) is -0.365. The van der Waals surface area contributed by atoms with Crippen LogP contribution in [0.1, 0.15) is 24.4 Å². The van der Waals surface area contributed by atoms with Gasteiger partial charge in [-0.05, 0) is 26.0 Å². The zero-order valence-electron chi connectivity index (χ0n) is 15.4. The third-order valence-corrected chi connectivity index (χ3v) is 4.48. The number of hydrogen-bond acceptors (Lipinski definition) is 5. The summed E-state index contributed by atoms with van der Waals surface area (Å²) in [5.41, 5.74) is 0.622. The minimum atomic E-state index is -0.695. The number of carbonyl (C=O) groups excluding carboxylic acids is 3. The van der Waals surface area contributed by atoms with Crippen molar-refractivity contribution >= 4 is 28.9 Å². The summed E-state index contributed by atoms with van der Waals surface area (Å²) in [6, 6.07) is 8.29. The molecule has 0 radical (unpaired) electrons. The lowest BCUT2D eigenvalue weighted by Crippen LogP contribution is -2.55. The second kappa shape index (κ2) is 8.11. The fourth-order valence-electron chi connectivity index (χ4n) is 3.02. The van der Waals surface area contributed by atoms with Gasteiger partial charge in [-0.1, -0.05) is 18.2 Å². The first kappa shape index (κ1) is 18.8. The summed E-state index contributed by atoms with van der Waals surface area (Å²) in [6.45, 7) is 5.35. The highest BCUT2D eigenvalue weighted by atomic mass is 16.6. The molecule has 1 aromatic carbocycles. The Morgan fingerprint density at radius 2 is 1.81 bits per heavy atom. The molecule has 0 aliphatic carbocycles. The summed E-state index contributed by atoms with van der Waals surface area (Å²) in [5.74, 6) is -0.455. The van der Waals surface area contributed by atoms with Crippen molar-refractivity contribution in [1.82, 2.24) is 15.1 Å². The molecule has 2 aromatic rings. The number of fused-ring (bicyclic) bond motifs is 1. The van der Waals surface area contributed by atoms with E-state index in [0.717, 1.165) is 5.39 Å². The minimum absolute atomic E-state index is 0.169. The van der Waals surface area contributed by atoms with E-state index in [2.05, 4.69) is 5.32 Å². The number of rotatable bonds is 4. The Morgan fingerprint density at radius 3 is 2.48 bits per heavy atom. The standard InChI is InChI=1S/C19H23N3O5/c1-3-26-19(25)22-10-8-21(9-11-22)18(24)13(2)20-17(23)16-12-14-6-4-5-7-15(14)27-16/h4-7,12-13H,3,8-11H2,1-2H3,(H,20,23). The molecule has 0 spiro atoms. The van der Waals surface area contributed by atoms with Gasteiger partial charge in [-0.25, -0.2) is 4.79 Å². The van der Waals surface area contributed by atoms with Gasteiger partial charge in [-0.15, -0.1) is 0 Å². The predicted octanol–water partition coefficient (Wildman–Crippen LogP) is 1.85. The van der Waals surface area contributed by atoms with E-state index in [9.17, 15) is 14.4 Å². The van der Waals surface area contributed by atoms with Crippen molar-refractivity contribution in [3.63, 3.8) is 0 Å². The zero-order chi connectivity index (χ0) is 19.4. The SMILES string of the molecule is CCOC(=O)N1CCN(C(=O)C(C)NC(=O)c2cc3ccccc3o2)CC1. The lowest BCUT2D eigenvalue weighted by Gasteiger charge is -2.35. The van der Waals surface area contributed by atoms with Gasteiger partial charge in [0.1, 0.15) is 11.6 Å². The summed E-state index contributed by atoms with van der Waals surface area (Å²) >= 11 is 0. The number of para-hydroxylation sites is 1. The Bertz CT molecular complexity index is 806. The lowest BCUT2D eigenvalue weighted by molar-refractivity contribution is -0.134. The number of benzene rings is 1. The van der Waals surface area contributed by atoms with Crippen LogP contribution in [-0.2, 0) is 9.53 Å². The largest absolute Gasteiger partial charge is 0.451 e. The van der Waals surface area contributed by atoms with E-state index in [0.29, 0.717) is 38.4 Å². The van der Waals surface area contributed by atoms with E-state index >= 15 is 0 Å². The van der Waals surface area contributed by atoms with E-state index in [4.69, 9.17) is 9.15 Å². The van der Waals surface area contributed by atoms with Crippen LogP contribution in [0.2, 0.25) is 0 Å². The highest BCUT2D eigenvalue weighted by Crippen LogP contribution is 2.18. The average molecular weight is 373 g/mol. The van der Waals surface area contributed by atoms with E-state index in [-0.39, 0.29) is 17.8 Å². The number of nitrogens with one attached hydrogen (secondary N) is 1. The smallest absolute Gasteiger partial charge is 0.409 e. The van der Waals surface area contributed by atoms with Gasteiger partial charge in [0, 0.05) is 31.6 Å². The Morgan fingerprint density at radius 1 is 1.15 bits per heavy atom. The van der Waals surface area contributed by atoms with Crippen molar-refractivity contribution in [3.8, 4) is 0 Å². The van der Waals surface area contributed by atoms with Gasteiger partial charge in [-0.2, -0.15) is 0 Å². The molecule has 0 saturated carbocycles. The maximum atomic E-state index is 12.6. The van der Waals surface area contributed by atoms with Crippen molar-refractivity contribution in [3.05, 3.63) is 36.1 Å². The van der Waals surface area contributed by atoms with E-state index < -0.39 is 11.9 Å². The zero-order valence-corrected chi connectivity index (χ0v) is 15.4. The van der Waals surface area contributed by atoms with Crippen LogP contribution in [-0.4, -0.2) is 66.5 Å². The fraction of sp³-hybridized carbons (Fsp3) is 0.421. The van der Waals surface area contributed by atoms with E-state index in [1.165, 1.54) is 0 Å². The van der Waals surface area contributed by atoms with Crippen LogP contribution in [0.15, 0.2) is 34.7 Å². The number of carbonyl (C=O) groups is 3. The molecule has 8 heteroatoms. The molecule has 1 saturated heterocycles.